The standard InChI is InChI=1S/C13H12N2O/c1-10-5-4-6-11(9-10)15-13(16)12-7-2-3-8-14-12/h2-9H,1H3,(H,15,16). The number of nitrogens with one attached hydrogen (secondary N) is 1. The molecule has 0 fully saturated rings. The number of carbonyl (C=O) groups excluding carboxylic acids is 1. The van der Waals surface area contributed by atoms with Gasteiger partial charge in [-0.3, -0.25) is 9.78 Å². The van der Waals surface area contributed by atoms with Crippen molar-refractivity contribution in [3.8, 4) is 0 Å². The maximum Gasteiger partial charge on any atom is 0.274 e. The molecule has 1 heterocycles. The number of anilines is 1. The highest BCUT2D eigenvalue weighted by molar-refractivity contribution is 6.02. The van der Waals surface area contributed by atoms with Gasteiger partial charge in [-0.1, -0.05) is 18.2 Å². The lowest BCUT2D eigenvalue weighted by Crippen LogP contribution is -2.13. The molecule has 0 atom stereocenters. The summed E-state index contributed by atoms with van der Waals surface area (Å²) in [6.45, 7) is 1.98. The third kappa shape index (κ3) is 2.45. The van der Waals surface area contributed by atoms with Crippen molar-refractivity contribution in [1.29, 1.82) is 0 Å². The van der Waals surface area contributed by atoms with Crippen LogP contribution in [-0.2, 0) is 0 Å². The average Bonchev–Trinajstić information content (AvgIpc) is 2.30. The Morgan fingerprint density at radius 2 is 2.06 bits per heavy atom. The second-order valence-corrected chi connectivity index (χ2v) is 3.54. The number of carbonyl (C=O) groups is 1. The molecule has 0 aliphatic heterocycles. The lowest BCUT2D eigenvalue weighted by atomic mass is 10.2. The summed E-state index contributed by atoms with van der Waals surface area (Å²) in [7, 11) is 0. The minimum absolute atomic E-state index is 0.189. The van der Waals surface area contributed by atoms with E-state index in [0.717, 1.165) is 11.3 Å². The molecule has 16 heavy (non-hydrogen) atoms. The predicted molar refractivity (Wildman–Crippen MR) is 63.4 cm³/mol. The Morgan fingerprint density at radius 1 is 1.19 bits per heavy atom. The lowest BCUT2D eigenvalue weighted by molar-refractivity contribution is 0.102. The first-order chi connectivity index (χ1) is 7.75. The number of aromatic nitrogens is 1. The number of pyridine rings is 1. The topological polar surface area (TPSA) is 42.0 Å². The number of nitrogens with zero attached hydrogens (tertiary/aromatic N) is 1. The summed E-state index contributed by atoms with van der Waals surface area (Å²) >= 11 is 0. The molecular weight excluding hydrogens is 200 g/mol. The molecule has 1 aromatic carbocycles. The van der Waals surface area contributed by atoms with Gasteiger partial charge >= 0.3 is 0 Å². The zero-order valence-corrected chi connectivity index (χ0v) is 8.97. The molecule has 1 amide bonds. The van der Waals surface area contributed by atoms with Gasteiger partial charge in [-0.05, 0) is 36.8 Å². The second kappa shape index (κ2) is 4.57. The Hall–Kier alpha value is -2.16. The number of aryl methyl sites for hydroxylation is 1. The molecule has 1 N–H and O–H groups in total. The highest BCUT2D eigenvalue weighted by atomic mass is 16.1. The van der Waals surface area contributed by atoms with Crippen molar-refractivity contribution in [2.24, 2.45) is 0 Å². The Labute approximate surface area is 94.1 Å². The molecule has 0 unspecified atom stereocenters. The average molecular weight is 212 g/mol. The molecule has 0 saturated carbocycles. The lowest BCUT2D eigenvalue weighted by Gasteiger charge is -2.04. The van der Waals surface area contributed by atoms with Gasteiger partial charge in [-0.25, -0.2) is 0 Å². The first-order valence-corrected chi connectivity index (χ1v) is 5.05. The fourth-order valence-electron chi connectivity index (χ4n) is 1.42. The van der Waals surface area contributed by atoms with Crippen LogP contribution >= 0.6 is 0 Å². The number of benzene rings is 1. The summed E-state index contributed by atoms with van der Waals surface area (Å²) in [6, 6.07) is 12.9. The van der Waals surface area contributed by atoms with Crippen molar-refractivity contribution >= 4 is 11.6 Å². The third-order valence-electron chi connectivity index (χ3n) is 2.17. The zero-order valence-electron chi connectivity index (χ0n) is 8.97. The quantitative estimate of drug-likeness (QED) is 0.831. The van der Waals surface area contributed by atoms with Crippen LogP contribution in [0.5, 0.6) is 0 Å². The van der Waals surface area contributed by atoms with Gasteiger partial charge in [0.25, 0.3) is 5.91 Å². The van der Waals surface area contributed by atoms with E-state index in [-0.39, 0.29) is 5.91 Å². The fraction of sp³-hybridized carbons (Fsp3) is 0.0769. The van der Waals surface area contributed by atoms with Gasteiger partial charge in [-0.2, -0.15) is 0 Å². The van der Waals surface area contributed by atoms with Gasteiger partial charge in [0, 0.05) is 11.9 Å². The number of amides is 1. The van der Waals surface area contributed by atoms with E-state index in [4.69, 9.17) is 0 Å². The molecule has 0 aliphatic rings. The minimum Gasteiger partial charge on any atom is -0.321 e. The smallest absolute Gasteiger partial charge is 0.274 e. The second-order valence-electron chi connectivity index (χ2n) is 3.54. The van der Waals surface area contributed by atoms with Crippen LogP contribution in [0.3, 0.4) is 0 Å². The van der Waals surface area contributed by atoms with Crippen LogP contribution in [0, 0.1) is 6.92 Å². The third-order valence-corrected chi connectivity index (χ3v) is 2.17. The maximum absolute atomic E-state index is 11.8. The van der Waals surface area contributed by atoms with Crippen molar-refractivity contribution in [2.75, 3.05) is 5.32 Å². The Balaban J connectivity index is 2.14. The van der Waals surface area contributed by atoms with Gasteiger partial charge in [0.1, 0.15) is 5.69 Å². The summed E-state index contributed by atoms with van der Waals surface area (Å²) in [4.78, 5) is 15.7. The van der Waals surface area contributed by atoms with Crippen LogP contribution in [0.2, 0.25) is 0 Å². The highest BCUT2D eigenvalue weighted by Crippen LogP contribution is 2.10. The summed E-state index contributed by atoms with van der Waals surface area (Å²) in [5.74, 6) is -0.189. The van der Waals surface area contributed by atoms with Crippen molar-refractivity contribution in [2.45, 2.75) is 6.92 Å². The molecule has 1 aromatic heterocycles. The van der Waals surface area contributed by atoms with E-state index >= 15 is 0 Å². The summed E-state index contributed by atoms with van der Waals surface area (Å²) in [6.07, 6.45) is 1.60. The fourth-order valence-corrected chi connectivity index (χ4v) is 1.42. The largest absolute Gasteiger partial charge is 0.321 e. The highest BCUT2D eigenvalue weighted by Gasteiger charge is 2.05. The molecule has 80 valence electrons. The molecule has 2 rings (SSSR count). The van der Waals surface area contributed by atoms with Gasteiger partial charge < -0.3 is 5.32 Å². The summed E-state index contributed by atoms with van der Waals surface area (Å²) < 4.78 is 0. The monoisotopic (exact) mass is 212 g/mol. The van der Waals surface area contributed by atoms with Crippen molar-refractivity contribution in [3.63, 3.8) is 0 Å². The van der Waals surface area contributed by atoms with Crippen LogP contribution in [0.1, 0.15) is 16.1 Å². The first-order valence-electron chi connectivity index (χ1n) is 5.05. The summed E-state index contributed by atoms with van der Waals surface area (Å²) in [5, 5.41) is 2.80. The first kappa shape index (κ1) is 10.4. The van der Waals surface area contributed by atoms with Crippen molar-refractivity contribution < 1.29 is 4.79 Å². The van der Waals surface area contributed by atoms with E-state index in [1.165, 1.54) is 0 Å². The molecule has 0 radical (unpaired) electrons. The Bertz CT molecular complexity index is 494. The molecule has 3 heteroatoms. The van der Waals surface area contributed by atoms with Gasteiger partial charge in [-0.15, -0.1) is 0 Å². The predicted octanol–water partition coefficient (Wildman–Crippen LogP) is 2.64. The normalized spacial score (nSPS) is 9.81. The van der Waals surface area contributed by atoms with Crippen LogP contribution in [0.25, 0.3) is 0 Å². The van der Waals surface area contributed by atoms with E-state index in [1.807, 2.05) is 31.2 Å². The zero-order chi connectivity index (χ0) is 11.4. The van der Waals surface area contributed by atoms with E-state index < -0.39 is 0 Å². The molecule has 0 spiro atoms. The minimum atomic E-state index is -0.189. The van der Waals surface area contributed by atoms with E-state index in [2.05, 4.69) is 10.3 Å². The van der Waals surface area contributed by atoms with Crippen LogP contribution in [-0.4, -0.2) is 10.9 Å². The molecule has 0 aliphatic carbocycles. The van der Waals surface area contributed by atoms with Crippen LogP contribution < -0.4 is 5.32 Å². The summed E-state index contributed by atoms with van der Waals surface area (Å²) in [5.41, 5.74) is 2.32. The van der Waals surface area contributed by atoms with Crippen LogP contribution in [0.4, 0.5) is 5.69 Å². The number of hydrogen-bond donors (Lipinski definition) is 1. The van der Waals surface area contributed by atoms with Crippen LogP contribution in [0.15, 0.2) is 48.7 Å². The van der Waals surface area contributed by atoms with Gasteiger partial charge in [0.05, 0.1) is 0 Å². The Morgan fingerprint density at radius 3 is 2.75 bits per heavy atom. The van der Waals surface area contributed by atoms with E-state index in [0.29, 0.717) is 5.69 Å². The SMILES string of the molecule is Cc1cccc(NC(=O)c2ccccn2)c1. The van der Waals surface area contributed by atoms with E-state index in [1.54, 1.807) is 24.4 Å². The number of hydrogen-bond acceptors (Lipinski definition) is 2. The molecule has 0 bridgehead atoms. The maximum atomic E-state index is 11.8. The van der Waals surface area contributed by atoms with Crippen molar-refractivity contribution in [1.82, 2.24) is 4.98 Å². The molecular formula is C13H12N2O. The number of rotatable bonds is 2. The van der Waals surface area contributed by atoms with Crippen molar-refractivity contribution in [3.05, 3.63) is 59.9 Å². The van der Waals surface area contributed by atoms with Gasteiger partial charge in [0.15, 0.2) is 0 Å². The Kier molecular flexibility index (Phi) is 2.96. The molecule has 3 nitrogen and oxygen atoms in total. The molecule has 2 aromatic rings. The van der Waals surface area contributed by atoms with E-state index in [9.17, 15) is 4.79 Å². The van der Waals surface area contributed by atoms with Gasteiger partial charge in [0.2, 0.25) is 0 Å². The molecule has 0 saturated heterocycles.